The van der Waals surface area contributed by atoms with Crippen LogP contribution in [0.15, 0.2) is 101 Å². The second kappa shape index (κ2) is 5.17. The first-order valence-electron chi connectivity index (χ1n) is 9.13. The molecule has 3 heteroatoms. The SMILES string of the molecule is CC12C3=CC=CC1=CC=C1C=C(c4cccc([N+](=O)[O-])c4)C=C(C=C3)C12C. The molecule has 3 nitrogen and oxygen atoms in total. The molecule has 5 rings (SSSR count). The molecule has 0 spiro atoms. The zero-order valence-electron chi connectivity index (χ0n) is 15.3. The number of benzene rings is 1. The van der Waals surface area contributed by atoms with Crippen molar-refractivity contribution in [2.24, 2.45) is 10.8 Å². The molecule has 1 aromatic carbocycles. The van der Waals surface area contributed by atoms with E-state index in [9.17, 15) is 10.1 Å². The third-order valence-electron chi connectivity index (χ3n) is 6.76. The molecule has 132 valence electrons. The Labute approximate surface area is 158 Å². The van der Waals surface area contributed by atoms with E-state index in [4.69, 9.17) is 0 Å². The largest absolute Gasteiger partial charge is 0.270 e. The number of non-ortho nitro benzene ring substituents is 1. The topological polar surface area (TPSA) is 43.1 Å². The van der Waals surface area contributed by atoms with Crippen molar-refractivity contribution in [1.82, 2.24) is 0 Å². The van der Waals surface area contributed by atoms with Crippen LogP contribution in [0.1, 0.15) is 19.4 Å². The number of rotatable bonds is 2. The van der Waals surface area contributed by atoms with Crippen molar-refractivity contribution < 1.29 is 4.92 Å². The van der Waals surface area contributed by atoms with Crippen LogP contribution in [0.25, 0.3) is 5.57 Å². The molecular weight excluding hydrogens is 334 g/mol. The molecule has 0 aromatic heterocycles. The molecule has 0 saturated heterocycles. The van der Waals surface area contributed by atoms with Crippen molar-refractivity contribution in [3.05, 3.63) is 117 Å². The van der Waals surface area contributed by atoms with E-state index in [0.29, 0.717) is 0 Å². The van der Waals surface area contributed by atoms with Crippen LogP contribution in [-0.2, 0) is 0 Å². The summed E-state index contributed by atoms with van der Waals surface area (Å²) in [6.45, 7) is 4.64. The van der Waals surface area contributed by atoms with Crippen LogP contribution in [0.4, 0.5) is 5.69 Å². The lowest BCUT2D eigenvalue weighted by Crippen LogP contribution is -2.47. The summed E-state index contributed by atoms with van der Waals surface area (Å²) < 4.78 is 0. The van der Waals surface area contributed by atoms with Gasteiger partial charge >= 0.3 is 0 Å². The van der Waals surface area contributed by atoms with Gasteiger partial charge in [0.15, 0.2) is 0 Å². The molecule has 2 atom stereocenters. The summed E-state index contributed by atoms with van der Waals surface area (Å²) in [5, 5.41) is 11.2. The Morgan fingerprint density at radius 1 is 0.852 bits per heavy atom. The van der Waals surface area contributed by atoms with E-state index in [2.05, 4.69) is 68.5 Å². The molecule has 2 unspecified atom stereocenters. The standard InChI is InChI=1S/C24H19NO2/c1-23-18-6-4-7-19(23)10-12-21-14-17(13-20(11-9-18)24(21,23)2)16-5-3-8-22(15-16)25(26)27/h3-15H,1-2H3. The average Bonchev–Trinajstić information content (AvgIpc) is 2.66. The third kappa shape index (κ3) is 1.91. The molecule has 4 aliphatic carbocycles. The Hall–Kier alpha value is -3.20. The van der Waals surface area contributed by atoms with Gasteiger partial charge in [-0.3, -0.25) is 10.1 Å². The first-order valence-corrected chi connectivity index (χ1v) is 9.13. The predicted molar refractivity (Wildman–Crippen MR) is 108 cm³/mol. The smallest absolute Gasteiger partial charge is 0.258 e. The molecule has 0 saturated carbocycles. The highest BCUT2D eigenvalue weighted by atomic mass is 16.6. The van der Waals surface area contributed by atoms with Crippen molar-refractivity contribution in [3.63, 3.8) is 0 Å². The van der Waals surface area contributed by atoms with Gasteiger partial charge in [0.2, 0.25) is 0 Å². The van der Waals surface area contributed by atoms with Gasteiger partial charge in [-0.2, -0.15) is 0 Å². The summed E-state index contributed by atoms with van der Waals surface area (Å²) in [6.07, 6.45) is 19.7. The van der Waals surface area contributed by atoms with Gasteiger partial charge in [-0.1, -0.05) is 80.7 Å². The zero-order valence-corrected chi connectivity index (χ0v) is 15.3. The maximum atomic E-state index is 11.2. The predicted octanol–water partition coefficient (Wildman–Crippen LogP) is 5.86. The average molecular weight is 353 g/mol. The van der Waals surface area contributed by atoms with Gasteiger partial charge in [0.05, 0.1) is 4.92 Å². The lowest BCUT2D eigenvalue weighted by molar-refractivity contribution is -0.384. The Morgan fingerprint density at radius 3 is 2.37 bits per heavy atom. The van der Waals surface area contributed by atoms with E-state index < -0.39 is 0 Å². The van der Waals surface area contributed by atoms with Gasteiger partial charge in [0, 0.05) is 23.0 Å². The molecule has 0 radical (unpaired) electrons. The number of allylic oxidation sites excluding steroid dienone is 14. The lowest BCUT2D eigenvalue weighted by Gasteiger charge is -2.56. The first kappa shape index (κ1) is 16.0. The Balaban J connectivity index is 1.73. The van der Waals surface area contributed by atoms with Crippen LogP contribution in [0.2, 0.25) is 0 Å². The summed E-state index contributed by atoms with van der Waals surface area (Å²) in [5.74, 6) is 0. The van der Waals surface area contributed by atoms with Crippen molar-refractivity contribution in [1.29, 1.82) is 0 Å². The highest BCUT2D eigenvalue weighted by Crippen LogP contribution is 2.65. The highest BCUT2D eigenvalue weighted by molar-refractivity contribution is 5.84. The molecule has 0 amide bonds. The van der Waals surface area contributed by atoms with Crippen LogP contribution in [0, 0.1) is 20.9 Å². The summed E-state index contributed by atoms with van der Waals surface area (Å²) in [5.41, 5.74) is 6.91. The summed E-state index contributed by atoms with van der Waals surface area (Å²) in [4.78, 5) is 10.8. The van der Waals surface area contributed by atoms with Gasteiger partial charge < -0.3 is 0 Å². The van der Waals surface area contributed by atoms with E-state index in [0.717, 1.165) is 11.1 Å². The molecule has 0 bridgehead atoms. The van der Waals surface area contributed by atoms with Crippen molar-refractivity contribution >= 4 is 11.3 Å². The quantitative estimate of drug-likeness (QED) is 0.493. The van der Waals surface area contributed by atoms with Crippen molar-refractivity contribution in [2.45, 2.75) is 13.8 Å². The number of nitrogens with zero attached hydrogens (tertiary/aromatic N) is 1. The van der Waals surface area contributed by atoms with E-state index in [1.165, 1.54) is 28.4 Å². The minimum Gasteiger partial charge on any atom is -0.258 e. The minimum atomic E-state index is -0.341. The lowest BCUT2D eigenvalue weighted by atomic mass is 9.46. The summed E-state index contributed by atoms with van der Waals surface area (Å²) in [7, 11) is 0. The van der Waals surface area contributed by atoms with Crippen LogP contribution >= 0.6 is 0 Å². The van der Waals surface area contributed by atoms with Gasteiger partial charge in [-0.05, 0) is 33.4 Å². The molecule has 0 fully saturated rings. The molecule has 27 heavy (non-hydrogen) atoms. The van der Waals surface area contributed by atoms with E-state index in [-0.39, 0.29) is 21.4 Å². The molecule has 4 aliphatic rings. The summed E-state index contributed by atoms with van der Waals surface area (Å²) in [6, 6.07) is 6.87. The maximum Gasteiger partial charge on any atom is 0.270 e. The number of hydrogen-bond donors (Lipinski definition) is 0. The van der Waals surface area contributed by atoms with E-state index >= 15 is 0 Å². The first-order chi connectivity index (χ1) is 12.9. The Kier molecular flexibility index (Phi) is 3.06. The monoisotopic (exact) mass is 353 g/mol. The summed E-state index contributed by atoms with van der Waals surface area (Å²) >= 11 is 0. The number of hydrogen-bond acceptors (Lipinski definition) is 2. The Morgan fingerprint density at radius 2 is 1.56 bits per heavy atom. The maximum absolute atomic E-state index is 11.2. The number of nitro groups is 1. The van der Waals surface area contributed by atoms with Gasteiger partial charge in [-0.15, -0.1) is 0 Å². The highest BCUT2D eigenvalue weighted by Gasteiger charge is 2.55. The van der Waals surface area contributed by atoms with Gasteiger partial charge in [-0.25, -0.2) is 0 Å². The second-order valence-corrected chi connectivity index (χ2v) is 7.82. The van der Waals surface area contributed by atoms with Crippen molar-refractivity contribution in [2.75, 3.05) is 0 Å². The Bertz CT molecular complexity index is 1120. The zero-order chi connectivity index (χ0) is 18.8. The van der Waals surface area contributed by atoms with E-state index in [1.54, 1.807) is 12.1 Å². The second-order valence-electron chi connectivity index (χ2n) is 7.82. The normalized spacial score (nSPS) is 29.8. The molecule has 0 heterocycles. The molecule has 0 N–H and O–H groups in total. The van der Waals surface area contributed by atoms with Gasteiger partial charge in [0.1, 0.15) is 0 Å². The fourth-order valence-electron chi connectivity index (χ4n) is 4.94. The molecule has 1 aromatic rings. The molecule has 0 aliphatic heterocycles. The van der Waals surface area contributed by atoms with Crippen LogP contribution in [-0.4, -0.2) is 4.92 Å². The van der Waals surface area contributed by atoms with Gasteiger partial charge in [0.25, 0.3) is 5.69 Å². The van der Waals surface area contributed by atoms with Crippen molar-refractivity contribution in [3.8, 4) is 0 Å². The molecular formula is C24H19NO2. The van der Waals surface area contributed by atoms with E-state index in [1.807, 2.05) is 6.07 Å². The number of nitro benzene ring substituents is 1. The fraction of sp³-hybridized carbons (Fsp3) is 0.167. The minimum absolute atomic E-state index is 0.100. The fourth-order valence-corrected chi connectivity index (χ4v) is 4.94. The van der Waals surface area contributed by atoms with Crippen LogP contribution < -0.4 is 0 Å². The third-order valence-corrected chi connectivity index (χ3v) is 6.76. The van der Waals surface area contributed by atoms with Crippen LogP contribution in [0.3, 0.4) is 0 Å². The van der Waals surface area contributed by atoms with Crippen LogP contribution in [0.5, 0.6) is 0 Å².